The molecular formula is C14H20O2. The zero-order chi connectivity index (χ0) is 11.2. The zero-order valence-corrected chi connectivity index (χ0v) is 9.60. The van der Waals surface area contributed by atoms with Crippen LogP contribution in [0.3, 0.4) is 0 Å². The van der Waals surface area contributed by atoms with Gasteiger partial charge in [0.15, 0.2) is 0 Å². The lowest BCUT2D eigenvalue weighted by molar-refractivity contribution is -0.0272. The minimum atomic E-state index is -0.532. The lowest BCUT2D eigenvalue weighted by Gasteiger charge is -2.43. The van der Waals surface area contributed by atoms with Crippen LogP contribution in [0.2, 0.25) is 0 Å². The first-order valence-electron chi connectivity index (χ1n) is 6.39. The van der Waals surface area contributed by atoms with Gasteiger partial charge < -0.3 is 10.2 Å². The van der Waals surface area contributed by atoms with Crippen molar-refractivity contribution in [1.82, 2.24) is 0 Å². The maximum atomic E-state index is 9.83. The van der Waals surface area contributed by atoms with Gasteiger partial charge in [-0.15, -0.1) is 0 Å². The Morgan fingerprint density at radius 2 is 1.44 bits per heavy atom. The van der Waals surface area contributed by atoms with Gasteiger partial charge in [0.05, 0.1) is 12.2 Å². The first-order chi connectivity index (χ1) is 7.68. The number of hydrogen-bond acceptors (Lipinski definition) is 2. The van der Waals surface area contributed by atoms with E-state index in [0.717, 1.165) is 38.5 Å². The lowest BCUT2D eigenvalue weighted by atomic mass is 9.61. The lowest BCUT2D eigenvalue weighted by Crippen LogP contribution is -2.39. The highest BCUT2D eigenvalue weighted by Crippen LogP contribution is 2.61. The van der Waals surface area contributed by atoms with Gasteiger partial charge in [-0.05, 0) is 43.9 Å². The number of hydrogen-bond donors (Lipinski definition) is 2. The van der Waals surface area contributed by atoms with Gasteiger partial charge in [-0.25, -0.2) is 0 Å². The highest BCUT2D eigenvalue weighted by atomic mass is 16.3. The van der Waals surface area contributed by atoms with Crippen LogP contribution in [0.5, 0.6) is 0 Å². The molecule has 0 aromatic carbocycles. The molecule has 2 nitrogen and oxygen atoms in total. The molecule has 1 saturated carbocycles. The van der Waals surface area contributed by atoms with Crippen LogP contribution >= 0.6 is 0 Å². The molecule has 3 aliphatic carbocycles. The summed E-state index contributed by atoms with van der Waals surface area (Å²) in [5, 5.41) is 19.6. The standard InChI is InChI=1S/C14H20O2/c15-11-3-9-13-5-1-6-14(13,8-2-7-13)10-4-12(11)16/h1-2,5,7,11-12,15-16H,3-4,6,8-10H2/t11-,12+,13?,14?/m0/s1. The third-order valence-electron chi connectivity index (χ3n) is 5.05. The molecule has 2 atom stereocenters. The van der Waals surface area contributed by atoms with Crippen LogP contribution in [0.25, 0.3) is 0 Å². The summed E-state index contributed by atoms with van der Waals surface area (Å²) < 4.78 is 0. The highest BCUT2D eigenvalue weighted by Gasteiger charge is 2.52. The van der Waals surface area contributed by atoms with Crippen LogP contribution in [-0.2, 0) is 0 Å². The van der Waals surface area contributed by atoms with Crippen LogP contribution < -0.4 is 0 Å². The van der Waals surface area contributed by atoms with Crippen molar-refractivity contribution in [2.75, 3.05) is 0 Å². The molecule has 0 spiro atoms. The Bertz CT molecular complexity index is 327. The van der Waals surface area contributed by atoms with E-state index in [-0.39, 0.29) is 5.41 Å². The van der Waals surface area contributed by atoms with Crippen LogP contribution in [0.15, 0.2) is 24.3 Å². The number of aliphatic hydroxyl groups excluding tert-OH is 2. The Hall–Kier alpha value is -0.600. The smallest absolute Gasteiger partial charge is 0.0799 e. The molecular weight excluding hydrogens is 200 g/mol. The Morgan fingerprint density at radius 3 is 2.06 bits per heavy atom. The van der Waals surface area contributed by atoms with E-state index >= 15 is 0 Å². The summed E-state index contributed by atoms with van der Waals surface area (Å²) in [5.41, 5.74) is 0.516. The summed E-state index contributed by atoms with van der Waals surface area (Å²) in [6.45, 7) is 0. The molecule has 2 heteroatoms. The minimum Gasteiger partial charge on any atom is -0.390 e. The van der Waals surface area contributed by atoms with Gasteiger partial charge in [0.1, 0.15) is 0 Å². The summed E-state index contributed by atoms with van der Waals surface area (Å²) in [6.07, 6.45) is 14.0. The quantitative estimate of drug-likeness (QED) is 0.614. The molecule has 0 amide bonds. The maximum absolute atomic E-state index is 9.83. The first kappa shape index (κ1) is 10.5. The van der Waals surface area contributed by atoms with Crippen LogP contribution in [0.1, 0.15) is 38.5 Å². The monoisotopic (exact) mass is 220 g/mol. The second kappa shape index (κ2) is 3.44. The predicted octanol–water partition coefficient (Wildman–Crippen LogP) is 2.17. The molecule has 0 radical (unpaired) electrons. The third-order valence-corrected chi connectivity index (χ3v) is 5.05. The van der Waals surface area contributed by atoms with E-state index in [1.165, 1.54) is 0 Å². The Morgan fingerprint density at radius 1 is 0.875 bits per heavy atom. The van der Waals surface area contributed by atoms with Gasteiger partial charge in [-0.1, -0.05) is 24.3 Å². The molecule has 1 fully saturated rings. The summed E-state index contributed by atoms with van der Waals surface area (Å²) in [4.78, 5) is 0. The van der Waals surface area contributed by atoms with Crippen molar-refractivity contribution in [3.05, 3.63) is 24.3 Å². The molecule has 0 aromatic heterocycles. The average molecular weight is 220 g/mol. The van der Waals surface area contributed by atoms with Crippen molar-refractivity contribution < 1.29 is 10.2 Å². The topological polar surface area (TPSA) is 40.5 Å². The highest BCUT2D eigenvalue weighted by molar-refractivity contribution is 5.31. The maximum Gasteiger partial charge on any atom is 0.0799 e. The summed E-state index contributed by atoms with van der Waals surface area (Å²) in [6, 6.07) is 0. The van der Waals surface area contributed by atoms with Gasteiger partial charge >= 0.3 is 0 Å². The van der Waals surface area contributed by atoms with E-state index in [1.807, 2.05) is 0 Å². The van der Waals surface area contributed by atoms with E-state index < -0.39 is 12.2 Å². The van der Waals surface area contributed by atoms with E-state index in [2.05, 4.69) is 24.3 Å². The van der Waals surface area contributed by atoms with Crippen LogP contribution in [0, 0.1) is 10.8 Å². The molecule has 0 aliphatic heterocycles. The largest absolute Gasteiger partial charge is 0.390 e. The fourth-order valence-electron chi connectivity index (χ4n) is 3.93. The fourth-order valence-corrected chi connectivity index (χ4v) is 3.93. The van der Waals surface area contributed by atoms with Gasteiger partial charge in [0.2, 0.25) is 0 Å². The summed E-state index contributed by atoms with van der Waals surface area (Å²) in [7, 11) is 0. The minimum absolute atomic E-state index is 0.189. The molecule has 3 aliphatic rings. The average Bonchev–Trinajstić information content (AvgIpc) is 2.75. The Kier molecular flexibility index (Phi) is 2.27. The Balaban J connectivity index is 1.92. The van der Waals surface area contributed by atoms with Crippen molar-refractivity contribution in [2.45, 2.75) is 50.7 Å². The van der Waals surface area contributed by atoms with Crippen molar-refractivity contribution >= 4 is 0 Å². The molecule has 2 N–H and O–H groups in total. The van der Waals surface area contributed by atoms with Crippen molar-refractivity contribution in [2.24, 2.45) is 10.8 Å². The number of allylic oxidation sites excluding steroid dienone is 4. The fraction of sp³-hybridized carbons (Fsp3) is 0.714. The second-order valence-corrected chi connectivity index (χ2v) is 5.75. The van der Waals surface area contributed by atoms with Gasteiger partial charge in [-0.2, -0.15) is 0 Å². The molecule has 16 heavy (non-hydrogen) atoms. The SMILES string of the molecule is O[C@@H]1CCC23CC=CC2(C=CC3)CC[C@@H]1O. The van der Waals surface area contributed by atoms with Gasteiger partial charge in [0.25, 0.3) is 0 Å². The van der Waals surface area contributed by atoms with E-state index in [4.69, 9.17) is 0 Å². The van der Waals surface area contributed by atoms with Crippen molar-refractivity contribution in [3.8, 4) is 0 Å². The van der Waals surface area contributed by atoms with E-state index in [0.29, 0.717) is 5.41 Å². The normalized spacial score (nSPS) is 50.9. The van der Waals surface area contributed by atoms with E-state index in [9.17, 15) is 10.2 Å². The van der Waals surface area contributed by atoms with Gasteiger partial charge in [-0.3, -0.25) is 0 Å². The Labute approximate surface area is 96.7 Å². The molecule has 0 aromatic rings. The van der Waals surface area contributed by atoms with Crippen molar-refractivity contribution in [3.63, 3.8) is 0 Å². The molecule has 3 rings (SSSR count). The second-order valence-electron chi connectivity index (χ2n) is 5.75. The molecule has 0 unspecified atom stereocenters. The van der Waals surface area contributed by atoms with Crippen LogP contribution in [-0.4, -0.2) is 22.4 Å². The van der Waals surface area contributed by atoms with E-state index in [1.54, 1.807) is 0 Å². The molecule has 0 heterocycles. The van der Waals surface area contributed by atoms with Crippen molar-refractivity contribution in [1.29, 1.82) is 0 Å². The third kappa shape index (κ3) is 1.26. The number of aliphatic hydroxyl groups is 2. The van der Waals surface area contributed by atoms with Crippen LogP contribution in [0.4, 0.5) is 0 Å². The first-order valence-corrected chi connectivity index (χ1v) is 6.39. The van der Waals surface area contributed by atoms with Gasteiger partial charge in [0, 0.05) is 5.41 Å². The summed E-state index contributed by atoms with van der Waals surface area (Å²) >= 11 is 0. The molecule has 0 bridgehead atoms. The molecule has 0 saturated heterocycles. The molecule has 88 valence electrons. The predicted molar refractivity (Wildman–Crippen MR) is 62.9 cm³/mol. The zero-order valence-electron chi connectivity index (χ0n) is 9.60. The number of rotatable bonds is 0. The summed E-state index contributed by atoms with van der Waals surface area (Å²) in [5.74, 6) is 0.